The molecule has 1 aromatic carbocycles. The maximum absolute atomic E-state index is 13.2. The SMILES string of the molecule is CC(C)S(=O)(=O)Nc1ncc(C(F)(F)F)cc1NC(=O)c1cccc(F)c1. The summed E-state index contributed by atoms with van der Waals surface area (Å²) < 4.78 is 78.1. The number of hydrogen-bond acceptors (Lipinski definition) is 4. The third kappa shape index (κ3) is 5.16. The van der Waals surface area contributed by atoms with Crippen LogP contribution in [0.25, 0.3) is 0 Å². The first-order valence-corrected chi connectivity index (χ1v) is 9.10. The Hall–Kier alpha value is -2.69. The smallest absolute Gasteiger partial charge is 0.319 e. The van der Waals surface area contributed by atoms with Crippen molar-refractivity contribution in [3.63, 3.8) is 0 Å². The number of carbonyl (C=O) groups is 1. The minimum Gasteiger partial charge on any atom is -0.319 e. The number of aromatic nitrogens is 1. The van der Waals surface area contributed by atoms with Gasteiger partial charge in [0, 0.05) is 11.8 Å². The predicted octanol–water partition coefficient (Wildman–Crippen LogP) is 3.64. The topological polar surface area (TPSA) is 88.2 Å². The van der Waals surface area contributed by atoms with E-state index in [0.29, 0.717) is 12.3 Å². The predicted molar refractivity (Wildman–Crippen MR) is 91.3 cm³/mol. The number of rotatable bonds is 5. The summed E-state index contributed by atoms with van der Waals surface area (Å²) in [6, 6.07) is 5.01. The Balaban J connectivity index is 2.45. The third-order valence-electron chi connectivity index (χ3n) is 3.41. The Morgan fingerprint density at radius 2 is 1.85 bits per heavy atom. The Labute approximate surface area is 152 Å². The summed E-state index contributed by atoms with van der Waals surface area (Å²) in [6.07, 6.45) is -4.32. The summed E-state index contributed by atoms with van der Waals surface area (Å²) in [7, 11) is -3.93. The van der Waals surface area contributed by atoms with Crippen LogP contribution in [0.5, 0.6) is 0 Å². The van der Waals surface area contributed by atoms with Crippen LogP contribution in [0, 0.1) is 5.82 Å². The Morgan fingerprint density at radius 3 is 2.41 bits per heavy atom. The van der Waals surface area contributed by atoms with Crippen LogP contribution in [0.2, 0.25) is 0 Å². The molecule has 1 amide bonds. The molecule has 6 nitrogen and oxygen atoms in total. The number of pyridine rings is 1. The molecule has 2 N–H and O–H groups in total. The highest BCUT2D eigenvalue weighted by molar-refractivity contribution is 7.93. The average molecular weight is 405 g/mol. The van der Waals surface area contributed by atoms with Crippen LogP contribution >= 0.6 is 0 Å². The molecule has 2 aromatic rings. The molecule has 0 bridgehead atoms. The molecule has 0 atom stereocenters. The fourth-order valence-electron chi connectivity index (χ4n) is 1.87. The molecule has 0 radical (unpaired) electrons. The molecule has 0 unspecified atom stereocenters. The number of nitrogens with zero attached hydrogens (tertiary/aromatic N) is 1. The van der Waals surface area contributed by atoms with E-state index in [2.05, 4.69) is 10.3 Å². The zero-order chi connectivity index (χ0) is 20.4. The lowest BCUT2D eigenvalue weighted by Gasteiger charge is -2.16. The van der Waals surface area contributed by atoms with E-state index in [1.807, 2.05) is 4.72 Å². The number of nitrogens with one attached hydrogen (secondary N) is 2. The van der Waals surface area contributed by atoms with Crippen molar-refractivity contribution in [3.8, 4) is 0 Å². The van der Waals surface area contributed by atoms with E-state index in [-0.39, 0.29) is 5.56 Å². The van der Waals surface area contributed by atoms with Gasteiger partial charge in [-0.2, -0.15) is 13.2 Å². The van der Waals surface area contributed by atoms with Gasteiger partial charge in [-0.05, 0) is 38.1 Å². The van der Waals surface area contributed by atoms with Gasteiger partial charge in [0.15, 0.2) is 5.82 Å². The average Bonchev–Trinajstić information content (AvgIpc) is 2.55. The molecule has 0 saturated heterocycles. The number of alkyl halides is 3. The molecule has 1 heterocycles. The maximum Gasteiger partial charge on any atom is 0.417 e. The molecule has 0 fully saturated rings. The van der Waals surface area contributed by atoms with E-state index in [1.54, 1.807) is 0 Å². The number of sulfonamides is 1. The largest absolute Gasteiger partial charge is 0.417 e. The summed E-state index contributed by atoms with van der Waals surface area (Å²) in [5, 5.41) is 1.24. The first kappa shape index (κ1) is 20.6. The van der Waals surface area contributed by atoms with Crippen molar-refractivity contribution in [3.05, 3.63) is 53.5 Å². The number of benzene rings is 1. The van der Waals surface area contributed by atoms with Gasteiger partial charge in [0.25, 0.3) is 5.91 Å². The van der Waals surface area contributed by atoms with E-state index in [0.717, 1.165) is 12.1 Å². The van der Waals surface area contributed by atoms with Gasteiger partial charge >= 0.3 is 6.18 Å². The Bertz CT molecular complexity index is 960. The van der Waals surface area contributed by atoms with Crippen molar-refractivity contribution in [2.24, 2.45) is 0 Å². The van der Waals surface area contributed by atoms with E-state index >= 15 is 0 Å². The monoisotopic (exact) mass is 405 g/mol. The van der Waals surface area contributed by atoms with Crippen molar-refractivity contribution in [2.45, 2.75) is 25.3 Å². The van der Waals surface area contributed by atoms with Crippen LogP contribution in [-0.4, -0.2) is 24.6 Å². The summed E-state index contributed by atoms with van der Waals surface area (Å²) in [5.74, 6) is -2.13. The van der Waals surface area contributed by atoms with E-state index < -0.39 is 50.2 Å². The normalized spacial score (nSPS) is 12.1. The fraction of sp³-hybridized carbons (Fsp3) is 0.250. The van der Waals surface area contributed by atoms with Gasteiger partial charge < -0.3 is 5.32 Å². The van der Waals surface area contributed by atoms with E-state index in [1.165, 1.54) is 26.0 Å². The third-order valence-corrected chi connectivity index (χ3v) is 5.13. The van der Waals surface area contributed by atoms with Crippen molar-refractivity contribution >= 4 is 27.4 Å². The van der Waals surface area contributed by atoms with Crippen LogP contribution in [0.3, 0.4) is 0 Å². The molecule has 27 heavy (non-hydrogen) atoms. The van der Waals surface area contributed by atoms with Crippen molar-refractivity contribution in [2.75, 3.05) is 10.0 Å². The molecule has 0 aliphatic carbocycles. The van der Waals surface area contributed by atoms with Gasteiger partial charge in [0.1, 0.15) is 5.82 Å². The van der Waals surface area contributed by atoms with Crippen molar-refractivity contribution in [1.29, 1.82) is 0 Å². The molecule has 0 aliphatic heterocycles. The molecular formula is C16H15F4N3O3S. The number of amides is 1. The van der Waals surface area contributed by atoms with Crippen LogP contribution in [0.15, 0.2) is 36.5 Å². The van der Waals surface area contributed by atoms with Crippen LogP contribution < -0.4 is 10.0 Å². The highest BCUT2D eigenvalue weighted by atomic mass is 32.2. The molecule has 11 heteroatoms. The first-order valence-electron chi connectivity index (χ1n) is 7.56. The molecule has 2 rings (SSSR count). The molecule has 0 aliphatic rings. The lowest BCUT2D eigenvalue weighted by atomic mass is 10.2. The minimum absolute atomic E-state index is 0.162. The van der Waals surface area contributed by atoms with E-state index in [4.69, 9.17) is 0 Å². The molecule has 0 spiro atoms. The summed E-state index contributed by atoms with van der Waals surface area (Å²) in [5.41, 5.74) is -1.86. The number of carbonyl (C=O) groups excluding carboxylic acids is 1. The Morgan fingerprint density at radius 1 is 1.19 bits per heavy atom. The van der Waals surface area contributed by atoms with Gasteiger partial charge in [-0.25, -0.2) is 17.8 Å². The second-order valence-electron chi connectivity index (χ2n) is 5.78. The van der Waals surface area contributed by atoms with Crippen molar-refractivity contribution in [1.82, 2.24) is 4.98 Å². The van der Waals surface area contributed by atoms with Gasteiger partial charge in [0.05, 0.1) is 16.5 Å². The maximum atomic E-state index is 13.2. The van der Waals surface area contributed by atoms with Crippen LogP contribution in [0.1, 0.15) is 29.8 Å². The second-order valence-corrected chi connectivity index (χ2v) is 8.02. The summed E-state index contributed by atoms with van der Waals surface area (Å²) >= 11 is 0. The first-order chi connectivity index (χ1) is 12.4. The number of hydrogen-bond donors (Lipinski definition) is 2. The summed E-state index contributed by atoms with van der Waals surface area (Å²) in [6.45, 7) is 2.72. The highest BCUT2D eigenvalue weighted by Gasteiger charge is 2.32. The highest BCUT2D eigenvalue weighted by Crippen LogP contribution is 2.33. The molecule has 146 valence electrons. The zero-order valence-corrected chi connectivity index (χ0v) is 15.0. The summed E-state index contributed by atoms with van der Waals surface area (Å²) in [4.78, 5) is 15.7. The number of anilines is 2. The second kappa shape index (κ2) is 7.51. The molecular weight excluding hydrogens is 390 g/mol. The quantitative estimate of drug-likeness (QED) is 0.744. The molecule has 0 saturated carbocycles. The lowest BCUT2D eigenvalue weighted by Crippen LogP contribution is -2.25. The minimum atomic E-state index is -4.76. The van der Waals surface area contributed by atoms with Gasteiger partial charge in [-0.3, -0.25) is 9.52 Å². The fourth-order valence-corrected chi connectivity index (χ4v) is 2.54. The van der Waals surface area contributed by atoms with Crippen LogP contribution in [-0.2, 0) is 16.2 Å². The standard InChI is InChI=1S/C16H15F4N3O3S/c1-9(2)27(25,26)23-14-13(7-11(8-21-14)16(18,19)20)22-15(24)10-4-3-5-12(17)6-10/h3-9H,1-2H3,(H,21,23)(H,22,24). The zero-order valence-electron chi connectivity index (χ0n) is 14.1. The molecule has 1 aromatic heterocycles. The van der Waals surface area contributed by atoms with Gasteiger partial charge in [0.2, 0.25) is 10.0 Å². The van der Waals surface area contributed by atoms with Crippen LogP contribution in [0.4, 0.5) is 29.1 Å². The van der Waals surface area contributed by atoms with Crippen molar-refractivity contribution < 1.29 is 30.8 Å². The Kier molecular flexibility index (Phi) is 5.73. The number of halogens is 4. The lowest BCUT2D eigenvalue weighted by molar-refractivity contribution is -0.137. The van der Waals surface area contributed by atoms with E-state index in [9.17, 15) is 30.8 Å². The van der Waals surface area contributed by atoms with Gasteiger partial charge in [-0.15, -0.1) is 0 Å². The van der Waals surface area contributed by atoms with Gasteiger partial charge in [-0.1, -0.05) is 6.07 Å².